The van der Waals surface area contributed by atoms with E-state index in [9.17, 15) is 18.0 Å². The van der Waals surface area contributed by atoms with Crippen LogP contribution in [0.2, 0.25) is 0 Å². The van der Waals surface area contributed by atoms with Gasteiger partial charge in [0.15, 0.2) is 5.96 Å². The van der Waals surface area contributed by atoms with Gasteiger partial charge in [-0.25, -0.2) is 4.79 Å². The van der Waals surface area contributed by atoms with Crippen molar-refractivity contribution in [2.24, 2.45) is 22.2 Å². The van der Waals surface area contributed by atoms with Crippen molar-refractivity contribution in [2.75, 3.05) is 19.6 Å². The lowest BCUT2D eigenvalue weighted by molar-refractivity contribution is -0.274. The number of nitrogens with zero attached hydrogens (tertiary/aromatic N) is 3. The molecule has 2 aromatic heterocycles. The number of aliphatic imine (C=N–C) groups is 1. The molecule has 0 atom stereocenters. The van der Waals surface area contributed by atoms with E-state index in [1.54, 1.807) is 16.7 Å². The number of nitrogens with two attached hydrogens (primary N) is 3. The minimum Gasteiger partial charge on any atom is -0.406 e. The summed E-state index contributed by atoms with van der Waals surface area (Å²) >= 11 is 0. The Morgan fingerprint density at radius 2 is 1.65 bits per heavy atom. The molecule has 0 bridgehead atoms. The van der Waals surface area contributed by atoms with Gasteiger partial charge in [0.1, 0.15) is 11.4 Å². The largest absolute Gasteiger partial charge is 0.573 e. The summed E-state index contributed by atoms with van der Waals surface area (Å²) < 4.78 is 42.9. The topological polar surface area (TPSA) is 162 Å². The van der Waals surface area contributed by atoms with Gasteiger partial charge in [0.2, 0.25) is 0 Å². The molecule has 0 unspecified atom stereocenters. The first-order chi connectivity index (χ1) is 22.9. The van der Waals surface area contributed by atoms with Gasteiger partial charge in [-0.2, -0.15) is 4.98 Å². The SMILES string of the molecule is CC(C)(C)c1cc2cn(-c3ccc(CNCCCN=C(N)N)cc3)c(=O)nc2[nH]1.CC(C)(C)c1ccc(OC(F)(F)F)c(CCCCN)c1. The van der Waals surface area contributed by atoms with Gasteiger partial charge in [0, 0.05) is 35.8 Å². The number of benzene rings is 2. The highest BCUT2D eigenvalue weighted by Crippen LogP contribution is 2.32. The lowest BCUT2D eigenvalue weighted by Gasteiger charge is -2.22. The molecular formula is C36H51F3N8O2. The van der Waals surface area contributed by atoms with Gasteiger partial charge in [0.05, 0.1) is 5.69 Å². The van der Waals surface area contributed by atoms with Crippen molar-refractivity contribution in [3.05, 3.63) is 87.6 Å². The van der Waals surface area contributed by atoms with Gasteiger partial charge in [-0.1, -0.05) is 65.8 Å². The molecule has 49 heavy (non-hydrogen) atoms. The van der Waals surface area contributed by atoms with Crippen LogP contribution in [0.4, 0.5) is 13.2 Å². The first-order valence-corrected chi connectivity index (χ1v) is 16.4. The number of guanidine groups is 1. The molecule has 0 aliphatic heterocycles. The van der Waals surface area contributed by atoms with Gasteiger partial charge in [-0.3, -0.25) is 9.56 Å². The standard InChI is InChI=1S/C21H29N7O.C15H22F3NO/c1-21(2,3)17-11-15-13-28(20(29)27-18(15)26-17)16-7-5-14(6-8-16)12-24-9-4-10-25-19(22)23;1-14(2,3)12-7-8-13(20-15(16,17)18)11(10-12)6-4-5-9-19/h5-8,11,13,24H,4,9-10,12H2,1-3H3,(H4,22,23,25)(H,26,27,29);7-8,10H,4-6,9,19H2,1-3H3. The summed E-state index contributed by atoms with van der Waals surface area (Å²) in [6.07, 6.45) is 0.111. The highest BCUT2D eigenvalue weighted by atomic mass is 19.4. The minimum absolute atomic E-state index is 0.0352. The monoisotopic (exact) mass is 684 g/mol. The van der Waals surface area contributed by atoms with Crippen LogP contribution in [0, 0.1) is 0 Å². The van der Waals surface area contributed by atoms with Gasteiger partial charge >= 0.3 is 12.1 Å². The second-order valence-electron chi connectivity index (χ2n) is 14.0. The number of aryl methyl sites for hydroxylation is 1. The molecule has 0 amide bonds. The molecule has 2 heterocycles. The molecule has 0 aliphatic rings. The smallest absolute Gasteiger partial charge is 0.406 e. The Morgan fingerprint density at radius 1 is 0.959 bits per heavy atom. The van der Waals surface area contributed by atoms with Crippen molar-refractivity contribution < 1.29 is 17.9 Å². The highest BCUT2D eigenvalue weighted by Gasteiger charge is 2.32. The highest BCUT2D eigenvalue weighted by molar-refractivity contribution is 5.76. The molecule has 8 N–H and O–H groups in total. The second-order valence-corrected chi connectivity index (χ2v) is 14.0. The zero-order valence-electron chi connectivity index (χ0n) is 29.4. The van der Waals surface area contributed by atoms with Gasteiger partial charge in [-0.15, -0.1) is 13.2 Å². The number of ether oxygens (including phenoxy) is 1. The predicted octanol–water partition coefficient (Wildman–Crippen LogP) is 5.93. The van der Waals surface area contributed by atoms with Crippen molar-refractivity contribution in [1.82, 2.24) is 19.9 Å². The molecule has 0 saturated heterocycles. The van der Waals surface area contributed by atoms with E-state index in [1.165, 1.54) is 6.07 Å². The van der Waals surface area contributed by atoms with Crippen molar-refractivity contribution in [1.29, 1.82) is 0 Å². The van der Waals surface area contributed by atoms with E-state index in [0.29, 0.717) is 30.7 Å². The first kappa shape index (κ1) is 39.1. The third-order valence-corrected chi connectivity index (χ3v) is 7.72. The molecule has 4 aromatic rings. The van der Waals surface area contributed by atoms with Crippen LogP contribution in [0.15, 0.2) is 64.5 Å². The molecule has 0 saturated carbocycles. The zero-order valence-corrected chi connectivity index (χ0v) is 29.4. The molecule has 268 valence electrons. The predicted molar refractivity (Wildman–Crippen MR) is 191 cm³/mol. The Bertz CT molecular complexity index is 1730. The molecule has 0 fully saturated rings. The van der Waals surface area contributed by atoms with E-state index >= 15 is 0 Å². The number of aromatic nitrogens is 3. The molecule has 0 spiro atoms. The molecule has 2 aromatic carbocycles. The van der Waals surface area contributed by atoms with E-state index in [4.69, 9.17) is 17.2 Å². The number of rotatable bonds is 12. The van der Waals surface area contributed by atoms with Crippen LogP contribution < -0.4 is 32.9 Å². The Morgan fingerprint density at radius 3 is 2.24 bits per heavy atom. The van der Waals surface area contributed by atoms with Crippen LogP contribution in [0.1, 0.15) is 83.2 Å². The van der Waals surface area contributed by atoms with E-state index < -0.39 is 6.36 Å². The summed E-state index contributed by atoms with van der Waals surface area (Å²) in [5.41, 5.74) is 20.8. The van der Waals surface area contributed by atoms with Gasteiger partial charge < -0.3 is 32.2 Å². The summed E-state index contributed by atoms with van der Waals surface area (Å²) in [4.78, 5) is 23.9. The number of hydrogen-bond donors (Lipinski definition) is 5. The molecule has 4 rings (SSSR count). The van der Waals surface area contributed by atoms with Gasteiger partial charge in [0.25, 0.3) is 0 Å². The fourth-order valence-corrected chi connectivity index (χ4v) is 4.93. The summed E-state index contributed by atoms with van der Waals surface area (Å²) in [6, 6.07) is 14.8. The quantitative estimate of drug-likeness (QED) is 0.0702. The number of halogens is 3. The molecule has 10 nitrogen and oxygen atoms in total. The number of nitrogens with one attached hydrogen (secondary N) is 2. The van der Waals surface area contributed by atoms with E-state index in [-0.39, 0.29) is 28.2 Å². The Labute approximate surface area is 286 Å². The number of aromatic amines is 1. The fraction of sp³-hybridized carbons (Fsp3) is 0.472. The Kier molecular flexibility index (Phi) is 13.4. The fourth-order valence-electron chi connectivity index (χ4n) is 4.93. The maximum Gasteiger partial charge on any atom is 0.573 e. The van der Waals surface area contributed by atoms with Crippen molar-refractivity contribution in [3.63, 3.8) is 0 Å². The summed E-state index contributed by atoms with van der Waals surface area (Å²) in [6.45, 7) is 15.1. The summed E-state index contributed by atoms with van der Waals surface area (Å²) in [5.74, 6) is 0.0142. The van der Waals surface area contributed by atoms with Crippen LogP contribution in [0.25, 0.3) is 16.7 Å². The van der Waals surface area contributed by atoms with E-state index in [1.807, 2.05) is 51.2 Å². The Balaban J connectivity index is 0.000000286. The number of hydrogen-bond acceptors (Lipinski definition) is 6. The van der Waals surface area contributed by atoms with E-state index in [0.717, 1.165) is 60.2 Å². The van der Waals surface area contributed by atoms with Crippen LogP contribution in [0.3, 0.4) is 0 Å². The van der Waals surface area contributed by atoms with Crippen LogP contribution in [0.5, 0.6) is 5.75 Å². The minimum atomic E-state index is -4.66. The lowest BCUT2D eigenvalue weighted by Crippen LogP contribution is -2.23. The summed E-state index contributed by atoms with van der Waals surface area (Å²) in [7, 11) is 0. The second kappa shape index (κ2) is 16.8. The first-order valence-electron chi connectivity index (χ1n) is 16.4. The zero-order chi connectivity index (χ0) is 36.4. The number of unbranched alkanes of at least 4 members (excludes halogenated alkanes) is 1. The third kappa shape index (κ3) is 12.6. The maximum atomic E-state index is 12.5. The number of fused-ring (bicyclic) bond motifs is 1. The van der Waals surface area contributed by atoms with Crippen molar-refractivity contribution in [2.45, 2.75) is 91.0 Å². The van der Waals surface area contributed by atoms with Crippen molar-refractivity contribution in [3.8, 4) is 11.4 Å². The summed E-state index contributed by atoms with van der Waals surface area (Å²) in [5, 5.41) is 4.27. The molecular weight excluding hydrogens is 633 g/mol. The average Bonchev–Trinajstić information content (AvgIpc) is 3.42. The Hall–Kier alpha value is -4.36. The van der Waals surface area contributed by atoms with Crippen LogP contribution in [-0.2, 0) is 23.8 Å². The maximum absolute atomic E-state index is 12.5. The van der Waals surface area contributed by atoms with Crippen molar-refractivity contribution >= 4 is 17.0 Å². The number of alkyl halides is 3. The third-order valence-electron chi connectivity index (χ3n) is 7.72. The molecule has 0 aliphatic carbocycles. The average molecular weight is 685 g/mol. The van der Waals surface area contributed by atoms with Crippen LogP contribution in [-0.4, -0.2) is 46.5 Å². The lowest BCUT2D eigenvalue weighted by atomic mass is 9.85. The molecule has 13 heteroatoms. The van der Waals surface area contributed by atoms with E-state index in [2.05, 4.69) is 51.9 Å². The van der Waals surface area contributed by atoms with Gasteiger partial charge in [-0.05, 0) is 85.1 Å². The van der Waals surface area contributed by atoms with Crippen LogP contribution >= 0.6 is 0 Å². The number of H-pyrrole nitrogens is 1. The normalized spacial score (nSPS) is 12.0. The molecule has 0 radical (unpaired) electrons.